The molecule has 3 rings (SSSR count). The molecule has 0 saturated carbocycles. The Labute approximate surface area is 164 Å². The largest absolute Gasteiger partial charge is 0.325 e. The fourth-order valence-corrected chi connectivity index (χ4v) is 3.66. The highest BCUT2D eigenvalue weighted by Crippen LogP contribution is 2.26. The van der Waals surface area contributed by atoms with Gasteiger partial charge in [-0.25, -0.2) is 0 Å². The van der Waals surface area contributed by atoms with Crippen molar-refractivity contribution in [1.82, 2.24) is 9.80 Å². The van der Waals surface area contributed by atoms with E-state index in [0.717, 1.165) is 49.5 Å². The summed E-state index contributed by atoms with van der Waals surface area (Å²) < 4.78 is 0. The number of aryl methyl sites for hydroxylation is 1. The van der Waals surface area contributed by atoms with Crippen molar-refractivity contribution in [1.29, 1.82) is 0 Å². The number of nitrogens with zero attached hydrogens (tertiary/aromatic N) is 2. The van der Waals surface area contributed by atoms with Gasteiger partial charge in [0.25, 0.3) is 0 Å². The van der Waals surface area contributed by atoms with Gasteiger partial charge in [0.05, 0.1) is 6.54 Å². The van der Waals surface area contributed by atoms with E-state index in [-0.39, 0.29) is 5.91 Å². The van der Waals surface area contributed by atoms with E-state index in [2.05, 4.69) is 15.1 Å². The first-order valence-corrected chi connectivity index (χ1v) is 9.51. The average Bonchev–Trinajstić information content (AvgIpc) is 2.60. The van der Waals surface area contributed by atoms with Gasteiger partial charge in [-0.05, 0) is 36.8 Å². The molecule has 2 aromatic rings. The molecule has 6 heteroatoms. The minimum atomic E-state index is 0.0261. The molecule has 0 aromatic heterocycles. The van der Waals surface area contributed by atoms with Crippen LogP contribution in [0.3, 0.4) is 0 Å². The molecule has 1 N–H and O–H groups in total. The van der Waals surface area contributed by atoms with Gasteiger partial charge in [-0.15, -0.1) is 0 Å². The van der Waals surface area contributed by atoms with Gasteiger partial charge < -0.3 is 5.32 Å². The number of hydrogen-bond acceptors (Lipinski definition) is 3. The summed E-state index contributed by atoms with van der Waals surface area (Å²) in [6.45, 7) is 6.64. The molecule has 0 bridgehead atoms. The monoisotopic (exact) mass is 391 g/mol. The molecule has 1 heterocycles. The number of carbonyl (C=O) groups is 1. The van der Waals surface area contributed by atoms with E-state index in [1.54, 1.807) is 0 Å². The summed E-state index contributed by atoms with van der Waals surface area (Å²) in [6.07, 6.45) is 0. The zero-order chi connectivity index (χ0) is 18.5. The number of anilines is 1. The molecule has 1 aliphatic rings. The van der Waals surface area contributed by atoms with E-state index in [1.165, 1.54) is 0 Å². The Morgan fingerprint density at radius 2 is 1.62 bits per heavy atom. The number of nitrogens with one attached hydrogen (secondary N) is 1. The molecule has 0 aliphatic carbocycles. The lowest BCUT2D eigenvalue weighted by Crippen LogP contribution is -2.48. The van der Waals surface area contributed by atoms with Crippen LogP contribution in [-0.2, 0) is 11.3 Å². The topological polar surface area (TPSA) is 35.6 Å². The predicted octanol–water partition coefficient (Wildman–Crippen LogP) is 4.06. The molecule has 1 aliphatic heterocycles. The molecule has 4 nitrogen and oxygen atoms in total. The van der Waals surface area contributed by atoms with Gasteiger partial charge in [0.1, 0.15) is 0 Å². The van der Waals surface area contributed by atoms with Gasteiger partial charge in [-0.2, -0.15) is 0 Å². The van der Waals surface area contributed by atoms with Crippen LogP contribution in [0.5, 0.6) is 0 Å². The van der Waals surface area contributed by atoms with Crippen LogP contribution in [0.15, 0.2) is 42.5 Å². The van der Waals surface area contributed by atoms with Crippen molar-refractivity contribution < 1.29 is 4.79 Å². The van der Waals surface area contributed by atoms with Crippen molar-refractivity contribution in [3.8, 4) is 0 Å². The van der Waals surface area contributed by atoms with Crippen LogP contribution in [0.4, 0.5) is 5.69 Å². The minimum absolute atomic E-state index is 0.0261. The number of carbonyl (C=O) groups excluding carboxylic acids is 1. The average molecular weight is 392 g/mol. The van der Waals surface area contributed by atoms with Crippen LogP contribution in [0, 0.1) is 6.92 Å². The Bertz CT molecular complexity index is 753. The van der Waals surface area contributed by atoms with Gasteiger partial charge in [0.15, 0.2) is 0 Å². The summed E-state index contributed by atoms with van der Waals surface area (Å²) in [5.41, 5.74) is 2.96. The van der Waals surface area contributed by atoms with E-state index < -0.39 is 0 Å². The molecule has 138 valence electrons. The number of piperazine rings is 1. The van der Waals surface area contributed by atoms with Crippen LogP contribution >= 0.6 is 23.2 Å². The highest BCUT2D eigenvalue weighted by atomic mass is 35.5. The summed E-state index contributed by atoms with van der Waals surface area (Å²) >= 11 is 12.5. The lowest BCUT2D eigenvalue weighted by molar-refractivity contribution is -0.117. The Morgan fingerprint density at radius 3 is 2.27 bits per heavy atom. The number of benzene rings is 2. The smallest absolute Gasteiger partial charge is 0.238 e. The molecule has 2 aromatic carbocycles. The SMILES string of the molecule is Cc1cccc(NC(=O)CN2CCN(Cc3c(Cl)cccc3Cl)CC2)c1. The second kappa shape index (κ2) is 8.87. The maximum absolute atomic E-state index is 12.3. The molecule has 1 amide bonds. The van der Waals surface area contributed by atoms with Gasteiger partial charge in [-0.3, -0.25) is 14.6 Å². The van der Waals surface area contributed by atoms with Crippen molar-refractivity contribution >= 4 is 34.8 Å². The van der Waals surface area contributed by atoms with E-state index in [9.17, 15) is 4.79 Å². The normalized spacial score (nSPS) is 15.8. The first-order valence-electron chi connectivity index (χ1n) is 8.75. The zero-order valence-electron chi connectivity index (χ0n) is 14.8. The summed E-state index contributed by atoms with van der Waals surface area (Å²) in [7, 11) is 0. The Kier molecular flexibility index (Phi) is 6.54. The van der Waals surface area contributed by atoms with Gasteiger partial charge >= 0.3 is 0 Å². The van der Waals surface area contributed by atoms with Crippen LogP contribution in [-0.4, -0.2) is 48.4 Å². The summed E-state index contributed by atoms with van der Waals surface area (Å²) in [6, 6.07) is 13.4. The van der Waals surface area contributed by atoms with Crippen LogP contribution in [0.1, 0.15) is 11.1 Å². The zero-order valence-corrected chi connectivity index (χ0v) is 16.4. The van der Waals surface area contributed by atoms with Crippen LogP contribution in [0.2, 0.25) is 10.0 Å². The molecule has 0 spiro atoms. The lowest BCUT2D eigenvalue weighted by atomic mass is 10.2. The molecular formula is C20H23Cl2N3O. The van der Waals surface area contributed by atoms with Crippen LogP contribution in [0.25, 0.3) is 0 Å². The molecule has 0 radical (unpaired) electrons. The number of rotatable bonds is 5. The van der Waals surface area contributed by atoms with Gasteiger partial charge in [0.2, 0.25) is 5.91 Å². The number of hydrogen-bond donors (Lipinski definition) is 1. The summed E-state index contributed by atoms with van der Waals surface area (Å²) in [5.74, 6) is 0.0261. The third-order valence-corrected chi connectivity index (χ3v) is 5.29. The highest BCUT2D eigenvalue weighted by molar-refractivity contribution is 6.35. The third kappa shape index (κ3) is 5.21. The molecule has 1 fully saturated rings. The standard InChI is InChI=1S/C20H23Cl2N3O/c1-15-4-2-5-16(12-15)23-20(26)14-25-10-8-24(9-11-25)13-17-18(21)6-3-7-19(17)22/h2-7,12H,8-11,13-14H2,1H3,(H,23,26). The number of halogens is 2. The first-order chi connectivity index (χ1) is 12.5. The molecular weight excluding hydrogens is 369 g/mol. The van der Waals surface area contributed by atoms with Gasteiger partial charge in [-0.1, -0.05) is 41.4 Å². The quantitative estimate of drug-likeness (QED) is 0.834. The Balaban J connectivity index is 1.47. The molecule has 26 heavy (non-hydrogen) atoms. The summed E-state index contributed by atoms with van der Waals surface area (Å²) in [4.78, 5) is 16.8. The van der Waals surface area contributed by atoms with Crippen molar-refractivity contribution in [2.24, 2.45) is 0 Å². The van der Waals surface area contributed by atoms with Crippen molar-refractivity contribution in [2.45, 2.75) is 13.5 Å². The first kappa shape index (κ1) is 19.2. The lowest BCUT2D eigenvalue weighted by Gasteiger charge is -2.34. The fraction of sp³-hybridized carbons (Fsp3) is 0.350. The van der Waals surface area contributed by atoms with E-state index in [4.69, 9.17) is 23.2 Å². The van der Waals surface area contributed by atoms with E-state index >= 15 is 0 Å². The Hall–Kier alpha value is -1.59. The third-order valence-electron chi connectivity index (χ3n) is 4.58. The fourth-order valence-electron chi connectivity index (χ4n) is 3.14. The summed E-state index contributed by atoms with van der Waals surface area (Å²) in [5, 5.41) is 4.38. The minimum Gasteiger partial charge on any atom is -0.325 e. The number of amides is 1. The maximum atomic E-state index is 12.3. The van der Waals surface area contributed by atoms with Crippen LogP contribution < -0.4 is 5.32 Å². The van der Waals surface area contributed by atoms with E-state index in [0.29, 0.717) is 16.6 Å². The Morgan fingerprint density at radius 1 is 1.00 bits per heavy atom. The molecule has 0 unspecified atom stereocenters. The van der Waals surface area contributed by atoms with Crippen molar-refractivity contribution in [3.05, 3.63) is 63.6 Å². The molecule has 1 saturated heterocycles. The van der Waals surface area contributed by atoms with Gasteiger partial charge in [0, 0.05) is 54.0 Å². The van der Waals surface area contributed by atoms with Crippen molar-refractivity contribution in [3.63, 3.8) is 0 Å². The van der Waals surface area contributed by atoms with E-state index in [1.807, 2.05) is 49.4 Å². The van der Waals surface area contributed by atoms with Crippen molar-refractivity contribution in [2.75, 3.05) is 38.0 Å². The highest BCUT2D eigenvalue weighted by Gasteiger charge is 2.20. The second-order valence-electron chi connectivity index (χ2n) is 6.67. The second-order valence-corrected chi connectivity index (χ2v) is 7.48. The predicted molar refractivity (Wildman–Crippen MR) is 108 cm³/mol. The molecule has 0 atom stereocenters. The maximum Gasteiger partial charge on any atom is 0.238 e.